The lowest BCUT2D eigenvalue weighted by atomic mass is 9.92. The molecular formula is C20H34N4O3. The molecule has 0 bridgehead atoms. The van der Waals surface area contributed by atoms with E-state index in [1.807, 2.05) is 14.7 Å². The molecule has 27 heavy (non-hydrogen) atoms. The fourth-order valence-electron chi connectivity index (χ4n) is 5.11. The van der Waals surface area contributed by atoms with Gasteiger partial charge >= 0.3 is 6.03 Å². The minimum atomic E-state index is 0.140. The Hall–Kier alpha value is -1.34. The number of nitrogens with zero attached hydrogens (tertiary/aromatic N) is 4. The summed E-state index contributed by atoms with van der Waals surface area (Å²) < 4.78 is 5.38. The number of ether oxygens (including phenoxy) is 1. The third-order valence-electron chi connectivity index (χ3n) is 6.75. The molecule has 0 saturated carbocycles. The molecule has 4 saturated heterocycles. The molecule has 3 amide bonds. The molecule has 1 unspecified atom stereocenters. The van der Waals surface area contributed by atoms with Gasteiger partial charge in [0.1, 0.15) is 0 Å². The number of likely N-dealkylation sites (tertiary alicyclic amines) is 3. The lowest BCUT2D eigenvalue weighted by molar-refractivity contribution is -0.141. The van der Waals surface area contributed by atoms with Crippen molar-refractivity contribution < 1.29 is 14.3 Å². The average Bonchev–Trinajstić information content (AvgIpc) is 3.28. The number of amides is 3. The maximum absolute atomic E-state index is 12.9. The molecule has 0 aromatic heterocycles. The van der Waals surface area contributed by atoms with E-state index < -0.39 is 0 Å². The van der Waals surface area contributed by atoms with E-state index in [0.29, 0.717) is 25.2 Å². The number of hydrogen-bond acceptors (Lipinski definition) is 4. The van der Waals surface area contributed by atoms with E-state index in [9.17, 15) is 9.59 Å². The zero-order valence-electron chi connectivity index (χ0n) is 16.5. The first-order valence-corrected chi connectivity index (χ1v) is 10.9. The largest absolute Gasteiger partial charge is 0.378 e. The minimum absolute atomic E-state index is 0.140. The maximum atomic E-state index is 12.9. The number of carbonyl (C=O) groups is 2. The van der Waals surface area contributed by atoms with Crippen LogP contribution in [0.5, 0.6) is 0 Å². The van der Waals surface area contributed by atoms with Crippen molar-refractivity contribution >= 4 is 11.9 Å². The van der Waals surface area contributed by atoms with Gasteiger partial charge in [-0.2, -0.15) is 0 Å². The first-order valence-electron chi connectivity index (χ1n) is 10.9. The zero-order chi connectivity index (χ0) is 18.6. The van der Waals surface area contributed by atoms with Gasteiger partial charge < -0.3 is 19.4 Å². The number of piperidine rings is 2. The molecule has 152 valence electrons. The molecule has 0 radical (unpaired) electrons. The molecule has 4 aliphatic rings. The Morgan fingerprint density at radius 2 is 1.37 bits per heavy atom. The van der Waals surface area contributed by atoms with Gasteiger partial charge in [-0.25, -0.2) is 4.79 Å². The van der Waals surface area contributed by atoms with E-state index in [1.54, 1.807) is 0 Å². The fourth-order valence-corrected chi connectivity index (χ4v) is 5.11. The van der Waals surface area contributed by atoms with Gasteiger partial charge in [0, 0.05) is 51.9 Å². The van der Waals surface area contributed by atoms with Crippen molar-refractivity contribution in [3.05, 3.63) is 0 Å². The first kappa shape index (κ1) is 19.0. The summed E-state index contributed by atoms with van der Waals surface area (Å²) in [5.74, 6) is 0.464. The van der Waals surface area contributed by atoms with E-state index in [1.165, 1.54) is 0 Å². The number of rotatable bonds is 2. The predicted molar refractivity (Wildman–Crippen MR) is 102 cm³/mol. The zero-order valence-corrected chi connectivity index (χ0v) is 16.5. The standard InChI is InChI=1S/C20H34N4O3/c25-19(21-12-14-27-15-13-21)17-4-3-9-24(16-17)18-5-10-23(11-6-18)20(26)22-7-1-2-8-22/h17-18H,1-16H2. The van der Waals surface area contributed by atoms with Crippen LogP contribution in [0.2, 0.25) is 0 Å². The summed E-state index contributed by atoms with van der Waals surface area (Å²) in [6.45, 7) is 8.39. The van der Waals surface area contributed by atoms with Crippen molar-refractivity contribution in [2.45, 2.75) is 44.6 Å². The number of morpholine rings is 1. The Morgan fingerprint density at radius 3 is 2.07 bits per heavy atom. The molecule has 4 fully saturated rings. The Bertz CT molecular complexity index is 523. The average molecular weight is 379 g/mol. The Morgan fingerprint density at radius 1 is 0.704 bits per heavy atom. The molecule has 0 spiro atoms. The summed E-state index contributed by atoms with van der Waals surface area (Å²) in [6, 6.07) is 0.762. The molecule has 4 heterocycles. The summed E-state index contributed by atoms with van der Waals surface area (Å²) in [5.41, 5.74) is 0. The molecule has 0 aromatic rings. The van der Waals surface area contributed by atoms with E-state index in [2.05, 4.69) is 4.90 Å². The van der Waals surface area contributed by atoms with Crippen LogP contribution in [0.15, 0.2) is 0 Å². The quantitative estimate of drug-likeness (QED) is 0.725. The molecule has 1 atom stereocenters. The van der Waals surface area contributed by atoms with Crippen LogP contribution in [0.25, 0.3) is 0 Å². The van der Waals surface area contributed by atoms with Gasteiger partial charge in [-0.05, 0) is 45.1 Å². The van der Waals surface area contributed by atoms with Crippen LogP contribution in [0.1, 0.15) is 38.5 Å². The third kappa shape index (κ3) is 4.40. The van der Waals surface area contributed by atoms with Crippen LogP contribution in [0.3, 0.4) is 0 Å². The van der Waals surface area contributed by atoms with E-state index in [-0.39, 0.29) is 11.9 Å². The van der Waals surface area contributed by atoms with Crippen molar-refractivity contribution in [1.82, 2.24) is 19.6 Å². The predicted octanol–water partition coefficient (Wildman–Crippen LogP) is 1.24. The topological polar surface area (TPSA) is 56.3 Å². The van der Waals surface area contributed by atoms with E-state index >= 15 is 0 Å². The number of hydrogen-bond donors (Lipinski definition) is 0. The van der Waals surface area contributed by atoms with E-state index in [4.69, 9.17) is 4.74 Å². The number of urea groups is 1. The Labute approximate surface area is 162 Å². The second-order valence-electron chi connectivity index (χ2n) is 8.47. The normalized spacial score (nSPS) is 28.6. The van der Waals surface area contributed by atoms with Gasteiger partial charge in [0.15, 0.2) is 0 Å². The summed E-state index contributed by atoms with van der Waals surface area (Å²) in [6.07, 6.45) is 6.49. The highest BCUT2D eigenvalue weighted by Crippen LogP contribution is 2.26. The van der Waals surface area contributed by atoms with Crippen LogP contribution < -0.4 is 0 Å². The summed E-state index contributed by atoms with van der Waals surface area (Å²) in [4.78, 5) is 34.0. The molecule has 0 aromatic carbocycles. The molecular weight excluding hydrogens is 344 g/mol. The molecule has 4 aliphatic heterocycles. The molecule has 7 heteroatoms. The van der Waals surface area contributed by atoms with Gasteiger partial charge in [-0.1, -0.05) is 0 Å². The van der Waals surface area contributed by atoms with Crippen molar-refractivity contribution in [3.63, 3.8) is 0 Å². The first-order chi connectivity index (χ1) is 13.2. The Kier molecular flexibility index (Phi) is 6.18. The lowest BCUT2D eigenvalue weighted by Gasteiger charge is -2.43. The van der Waals surface area contributed by atoms with Crippen LogP contribution >= 0.6 is 0 Å². The van der Waals surface area contributed by atoms with Gasteiger partial charge in [0.25, 0.3) is 0 Å². The van der Waals surface area contributed by atoms with Crippen molar-refractivity contribution in [3.8, 4) is 0 Å². The van der Waals surface area contributed by atoms with Crippen LogP contribution in [-0.4, -0.2) is 103 Å². The lowest BCUT2D eigenvalue weighted by Crippen LogP contribution is -2.54. The van der Waals surface area contributed by atoms with Crippen LogP contribution in [-0.2, 0) is 9.53 Å². The highest BCUT2D eigenvalue weighted by molar-refractivity contribution is 5.79. The van der Waals surface area contributed by atoms with Crippen LogP contribution in [0.4, 0.5) is 4.79 Å². The van der Waals surface area contributed by atoms with Gasteiger partial charge in [0.2, 0.25) is 5.91 Å². The highest BCUT2D eigenvalue weighted by Gasteiger charge is 2.35. The molecule has 0 aliphatic carbocycles. The van der Waals surface area contributed by atoms with Crippen molar-refractivity contribution in [2.75, 3.05) is 65.6 Å². The Balaban J connectivity index is 1.26. The van der Waals surface area contributed by atoms with Crippen LogP contribution in [0, 0.1) is 5.92 Å². The maximum Gasteiger partial charge on any atom is 0.319 e. The molecule has 0 N–H and O–H groups in total. The highest BCUT2D eigenvalue weighted by atomic mass is 16.5. The monoisotopic (exact) mass is 378 g/mol. The number of carbonyl (C=O) groups excluding carboxylic acids is 2. The summed E-state index contributed by atoms with van der Waals surface area (Å²) in [7, 11) is 0. The van der Waals surface area contributed by atoms with Gasteiger partial charge in [-0.15, -0.1) is 0 Å². The smallest absolute Gasteiger partial charge is 0.319 e. The second kappa shape index (κ2) is 8.78. The second-order valence-corrected chi connectivity index (χ2v) is 8.47. The fraction of sp³-hybridized carbons (Fsp3) is 0.900. The summed E-state index contributed by atoms with van der Waals surface area (Å²) in [5, 5.41) is 0. The van der Waals surface area contributed by atoms with Gasteiger partial charge in [0.05, 0.1) is 19.1 Å². The minimum Gasteiger partial charge on any atom is -0.378 e. The van der Waals surface area contributed by atoms with Crippen molar-refractivity contribution in [2.24, 2.45) is 5.92 Å². The third-order valence-corrected chi connectivity index (χ3v) is 6.75. The molecule has 4 rings (SSSR count). The van der Waals surface area contributed by atoms with Gasteiger partial charge in [-0.3, -0.25) is 9.69 Å². The van der Waals surface area contributed by atoms with E-state index in [0.717, 1.165) is 90.9 Å². The SMILES string of the molecule is O=C(C1CCCN(C2CCN(C(=O)N3CCCC3)CC2)C1)N1CCOCC1. The van der Waals surface area contributed by atoms with Crippen molar-refractivity contribution in [1.29, 1.82) is 0 Å². The molecule has 7 nitrogen and oxygen atoms in total. The summed E-state index contributed by atoms with van der Waals surface area (Å²) >= 11 is 0.